The number of nitrogens with zero attached hydrogens (tertiary/aromatic N) is 2. The molecule has 4 heteroatoms. The summed E-state index contributed by atoms with van der Waals surface area (Å²) >= 11 is 0. The molecule has 0 atom stereocenters. The summed E-state index contributed by atoms with van der Waals surface area (Å²) in [6.07, 6.45) is 1.95. The van der Waals surface area contributed by atoms with Gasteiger partial charge in [0.25, 0.3) is 0 Å². The van der Waals surface area contributed by atoms with Crippen LogP contribution in [0.1, 0.15) is 18.9 Å². The molecule has 0 unspecified atom stereocenters. The maximum atomic E-state index is 5.55. The van der Waals surface area contributed by atoms with Crippen molar-refractivity contribution in [2.24, 2.45) is 0 Å². The summed E-state index contributed by atoms with van der Waals surface area (Å²) in [4.78, 5) is 0. The second-order valence-electron chi connectivity index (χ2n) is 2.43. The molecule has 0 radical (unpaired) electrons. The summed E-state index contributed by atoms with van der Waals surface area (Å²) in [6, 6.07) is 1.77. The lowest BCUT2D eigenvalue weighted by Gasteiger charge is -2.01. The normalized spacial score (nSPS) is 9.91. The molecule has 0 aliphatic heterocycles. The van der Waals surface area contributed by atoms with Gasteiger partial charge in [0, 0.05) is 0 Å². The van der Waals surface area contributed by atoms with Gasteiger partial charge in [-0.25, -0.2) is 0 Å². The Morgan fingerprint density at radius 3 is 2.73 bits per heavy atom. The smallest absolute Gasteiger partial charge is 0.149 e. The Bertz CT molecular complexity index is 246. The van der Waals surface area contributed by atoms with E-state index in [1.807, 2.05) is 0 Å². The third-order valence-electron chi connectivity index (χ3n) is 1.44. The third kappa shape index (κ3) is 1.80. The Balaban J connectivity index is 2.93. The second-order valence-corrected chi connectivity index (χ2v) is 2.43. The lowest BCUT2D eigenvalue weighted by Crippen LogP contribution is -2.02. The third-order valence-corrected chi connectivity index (χ3v) is 1.44. The van der Waals surface area contributed by atoms with Crippen molar-refractivity contribution < 1.29 is 0 Å². The topological polar surface area (TPSA) is 77.8 Å². The molecule has 1 aromatic rings. The number of nitrogens with two attached hydrogens (primary N) is 2. The number of rotatable bonds is 2. The Morgan fingerprint density at radius 1 is 1.36 bits per heavy atom. The first-order chi connectivity index (χ1) is 5.24. The first kappa shape index (κ1) is 7.78. The molecular weight excluding hydrogens is 140 g/mol. The highest BCUT2D eigenvalue weighted by molar-refractivity contribution is 5.44. The molecule has 4 nitrogen and oxygen atoms in total. The average Bonchev–Trinajstić information content (AvgIpc) is 1.98. The van der Waals surface area contributed by atoms with Crippen LogP contribution < -0.4 is 11.5 Å². The fourth-order valence-electron chi connectivity index (χ4n) is 0.927. The summed E-state index contributed by atoms with van der Waals surface area (Å²) in [7, 11) is 0. The van der Waals surface area contributed by atoms with E-state index in [2.05, 4.69) is 17.1 Å². The monoisotopic (exact) mass is 152 g/mol. The van der Waals surface area contributed by atoms with Crippen LogP contribution in [0.15, 0.2) is 6.07 Å². The molecule has 0 spiro atoms. The van der Waals surface area contributed by atoms with E-state index in [1.54, 1.807) is 6.07 Å². The van der Waals surface area contributed by atoms with E-state index in [1.165, 1.54) is 0 Å². The van der Waals surface area contributed by atoms with Gasteiger partial charge < -0.3 is 11.5 Å². The zero-order valence-electron chi connectivity index (χ0n) is 6.54. The predicted molar refractivity (Wildman–Crippen MR) is 44.9 cm³/mol. The molecule has 1 heterocycles. The van der Waals surface area contributed by atoms with Gasteiger partial charge in [0.15, 0.2) is 0 Å². The van der Waals surface area contributed by atoms with Crippen LogP contribution in [0.25, 0.3) is 0 Å². The molecule has 0 saturated carbocycles. The zero-order valence-corrected chi connectivity index (χ0v) is 6.54. The van der Waals surface area contributed by atoms with Crippen LogP contribution >= 0.6 is 0 Å². The van der Waals surface area contributed by atoms with E-state index < -0.39 is 0 Å². The highest BCUT2D eigenvalue weighted by Gasteiger charge is 1.99. The predicted octanol–water partition coefficient (Wildman–Crippen LogP) is 0.594. The SMILES string of the molecule is CCCc1cc(N)nnc1N. The summed E-state index contributed by atoms with van der Waals surface area (Å²) < 4.78 is 0. The van der Waals surface area contributed by atoms with Crippen LogP contribution in [-0.4, -0.2) is 10.2 Å². The van der Waals surface area contributed by atoms with Gasteiger partial charge in [0.1, 0.15) is 11.6 Å². The highest BCUT2D eigenvalue weighted by atomic mass is 15.2. The second kappa shape index (κ2) is 3.18. The van der Waals surface area contributed by atoms with Gasteiger partial charge in [-0.15, -0.1) is 10.2 Å². The lowest BCUT2D eigenvalue weighted by molar-refractivity contribution is 0.902. The molecule has 0 aliphatic rings. The standard InChI is InChI=1S/C7H12N4/c1-2-3-5-4-6(8)10-11-7(5)9/h4H,2-3H2,1H3,(H2,8,10)(H2,9,11). The van der Waals surface area contributed by atoms with E-state index in [0.29, 0.717) is 11.6 Å². The van der Waals surface area contributed by atoms with Crippen molar-refractivity contribution in [2.45, 2.75) is 19.8 Å². The van der Waals surface area contributed by atoms with E-state index in [9.17, 15) is 0 Å². The molecular formula is C7H12N4. The Hall–Kier alpha value is -1.32. The quantitative estimate of drug-likeness (QED) is 0.650. The van der Waals surface area contributed by atoms with Gasteiger partial charge >= 0.3 is 0 Å². The minimum Gasteiger partial charge on any atom is -0.382 e. The van der Waals surface area contributed by atoms with Crippen LogP contribution in [-0.2, 0) is 6.42 Å². The van der Waals surface area contributed by atoms with Crippen molar-refractivity contribution in [3.8, 4) is 0 Å². The highest BCUT2D eigenvalue weighted by Crippen LogP contribution is 2.11. The first-order valence-electron chi connectivity index (χ1n) is 3.61. The lowest BCUT2D eigenvalue weighted by atomic mass is 10.1. The van der Waals surface area contributed by atoms with Gasteiger partial charge in [-0.05, 0) is 18.1 Å². The largest absolute Gasteiger partial charge is 0.382 e. The molecule has 0 aromatic carbocycles. The van der Waals surface area contributed by atoms with Gasteiger partial charge in [-0.1, -0.05) is 13.3 Å². The van der Waals surface area contributed by atoms with Crippen LogP contribution in [0, 0.1) is 0 Å². The number of aromatic nitrogens is 2. The Morgan fingerprint density at radius 2 is 2.09 bits per heavy atom. The molecule has 1 aromatic heterocycles. The van der Waals surface area contributed by atoms with Crippen LogP contribution in [0.3, 0.4) is 0 Å². The fourth-order valence-corrected chi connectivity index (χ4v) is 0.927. The molecule has 0 bridgehead atoms. The van der Waals surface area contributed by atoms with Gasteiger partial charge in [-0.2, -0.15) is 0 Å². The average molecular weight is 152 g/mol. The molecule has 0 aliphatic carbocycles. The van der Waals surface area contributed by atoms with Crippen molar-refractivity contribution >= 4 is 11.6 Å². The van der Waals surface area contributed by atoms with Crippen LogP contribution in [0.4, 0.5) is 11.6 Å². The molecule has 0 fully saturated rings. The molecule has 0 saturated heterocycles. The maximum Gasteiger partial charge on any atom is 0.149 e. The molecule has 60 valence electrons. The van der Waals surface area contributed by atoms with Crippen molar-refractivity contribution in [3.05, 3.63) is 11.6 Å². The van der Waals surface area contributed by atoms with E-state index in [0.717, 1.165) is 18.4 Å². The minimum absolute atomic E-state index is 0.433. The van der Waals surface area contributed by atoms with E-state index >= 15 is 0 Å². The maximum absolute atomic E-state index is 5.55. The van der Waals surface area contributed by atoms with Crippen molar-refractivity contribution in [1.29, 1.82) is 0 Å². The summed E-state index contributed by atoms with van der Waals surface area (Å²) in [6.45, 7) is 2.08. The van der Waals surface area contributed by atoms with Crippen molar-refractivity contribution in [1.82, 2.24) is 10.2 Å². The van der Waals surface area contributed by atoms with Crippen LogP contribution in [0.2, 0.25) is 0 Å². The van der Waals surface area contributed by atoms with Crippen molar-refractivity contribution in [2.75, 3.05) is 11.5 Å². The van der Waals surface area contributed by atoms with E-state index in [4.69, 9.17) is 11.5 Å². The van der Waals surface area contributed by atoms with E-state index in [-0.39, 0.29) is 0 Å². The molecule has 11 heavy (non-hydrogen) atoms. The van der Waals surface area contributed by atoms with Crippen LogP contribution in [0.5, 0.6) is 0 Å². The molecule has 1 rings (SSSR count). The first-order valence-corrected chi connectivity index (χ1v) is 3.61. The number of nitrogen functional groups attached to an aromatic ring is 2. The summed E-state index contributed by atoms with van der Waals surface area (Å²) in [5.74, 6) is 0.920. The molecule has 4 N–H and O–H groups in total. The van der Waals surface area contributed by atoms with Crippen molar-refractivity contribution in [3.63, 3.8) is 0 Å². The minimum atomic E-state index is 0.433. The Kier molecular flexibility index (Phi) is 2.25. The van der Waals surface area contributed by atoms with Gasteiger partial charge in [0.05, 0.1) is 0 Å². The summed E-state index contributed by atoms with van der Waals surface area (Å²) in [5.41, 5.74) is 12.0. The number of hydrogen-bond acceptors (Lipinski definition) is 4. The van der Waals surface area contributed by atoms with Gasteiger partial charge in [-0.3, -0.25) is 0 Å². The Labute approximate surface area is 65.6 Å². The summed E-state index contributed by atoms with van der Waals surface area (Å²) in [5, 5.41) is 7.32. The van der Waals surface area contributed by atoms with Gasteiger partial charge in [0.2, 0.25) is 0 Å². The fraction of sp³-hybridized carbons (Fsp3) is 0.429. The number of anilines is 2. The number of hydrogen-bond donors (Lipinski definition) is 2. The zero-order chi connectivity index (χ0) is 8.27. The molecule has 0 amide bonds. The number of aryl methyl sites for hydroxylation is 1.